The van der Waals surface area contributed by atoms with Gasteiger partial charge in [0.05, 0.1) is 0 Å². The third-order valence-corrected chi connectivity index (χ3v) is 4.10. The Bertz CT molecular complexity index is 422. The molecule has 4 nitrogen and oxygen atoms in total. The van der Waals surface area contributed by atoms with Crippen LogP contribution in [0.5, 0.6) is 0 Å². The van der Waals surface area contributed by atoms with Gasteiger partial charge in [0, 0.05) is 13.1 Å². The Labute approximate surface area is 114 Å². The van der Waals surface area contributed by atoms with Crippen LogP contribution >= 0.6 is 11.6 Å². The summed E-state index contributed by atoms with van der Waals surface area (Å²) in [6.07, 6.45) is 2.57. The average molecular weight is 269 g/mol. The molecule has 1 N–H and O–H groups in total. The molecule has 1 aromatic rings. The molecule has 1 saturated heterocycles. The molecule has 0 bridgehead atoms. The minimum atomic E-state index is 0.496. The fourth-order valence-electron chi connectivity index (χ4n) is 2.43. The van der Waals surface area contributed by atoms with Crippen molar-refractivity contribution in [1.29, 1.82) is 0 Å². The van der Waals surface area contributed by atoms with E-state index in [1.54, 1.807) is 0 Å². The lowest BCUT2D eigenvalue weighted by Gasteiger charge is -2.29. The van der Waals surface area contributed by atoms with E-state index in [4.69, 9.17) is 11.6 Å². The van der Waals surface area contributed by atoms with Crippen molar-refractivity contribution in [3.63, 3.8) is 0 Å². The van der Waals surface area contributed by atoms with Gasteiger partial charge in [0.25, 0.3) is 0 Å². The lowest BCUT2D eigenvalue weighted by atomic mass is 9.98. The summed E-state index contributed by atoms with van der Waals surface area (Å²) < 4.78 is 0. The first-order chi connectivity index (χ1) is 8.58. The molecule has 0 saturated carbocycles. The number of likely N-dealkylation sites (tertiary alicyclic amines) is 1. The lowest BCUT2D eigenvalue weighted by Crippen LogP contribution is -2.35. The van der Waals surface area contributed by atoms with Crippen LogP contribution in [0.25, 0.3) is 0 Å². The number of nitrogens with one attached hydrogen (secondary N) is 1. The molecule has 0 radical (unpaired) electrons. The van der Waals surface area contributed by atoms with Crippen LogP contribution in [-0.4, -0.2) is 41.8 Å². The van der Waals surface area contributed by atoms with E-state index >= 15 is 0 Å². The molecule has 0 aliphatic carbocycles. The Morgan fingerprint density at radius 1 is 1.33 bits per heavy atom. The first-order valence-corrected chi connectivity index (χ1v) is 6.87. The summed E-state index contributed by atoms with van der Waals surface area (Å²) in [5, 5.41) is 12.0. The number of aromatic nitrogens is 2. The molecule has 0 aromatic carbocycles. The summed E-state index contributed by atoms with van der Waals surface area (Å²) in [5.41, 5.74) is 2.11. The highest BCUT2D eigenvalue weighted by Crippen LogP contribution is 2.22. The largest absolute Gasteiger partial charge is 0.368 e. The Kier molecular flexibility index (Phi) is 4.40. The first-order valence-electron chi connectivity index (χ1n) is 6.49. The maximum Gasteiger partial charge on any atom is 0.155 e. The smallest absolute Gasteiger partial charge is 0.155 e. The van der Waals surface area contributed by atoms with Crippen molar-refractivity contribution in [2.24, 2.45) is 5.92 Å². The predicted molar refractivity (Wildman–Crippen MR) is 75.2 cm³/mol. The SMILES string of the molecule is Cc1c(Cl)nnc(NCC2CCCN(C)C2)c1C. The quantitative estimate of drug-likeness (QED) is 0.915. The minimum Gasteiger partial charge on any atom is -0.368 e. The monoisotopic (exact) mass is 268 g/mol. The van der Waals surface area contributed by atoms with E-state index in [1.165, 1.54) is 19.4 Å². The topological polar surface area (TPSA) is 41.1 Å². The molecule has 18 heavy (non-hydrogen) atoms. The number of nitrogens with zero attached hydrogens (tertiary/aromatic N) is 3. The van der Waals surface area contributed by atoms with E-state index in [2.05, 4.69) is 27.5 Å². The van der Waals surface area contributed by atoms with Crippen LogP contribution in [0, 0.1) is 19.8 Å². The third-order valence-electron chi connectivity index (χ3n) is 3.75. The van der Waals surface area contributed by atoms with Crippen molar-refractivity contribution in [1.82, 2.24) is 15.1 Å². The van der Waals surface area contributed by atoms with E-state index in [-0.39, 0.29) is 0 Å². The molecule has 1 fully saturated rings. The van der Waals surface area contributed by atoms with Crippen molar-refractivity contribution in [2.45, 2.75) is 26.7 Å². The van der Waals surface area contributed by atoms with Gasteiger partial charge in [0.1, 0.15) is 0 Å². The molecule has 2 rings (SSSR count). The molecule has 0 spiro atoms. The fraction of sp³-hybridized carbons (Fsp3) is 0.692. The summed E-state index contributed by atoms with van der Waals surface area (Å²) >= 11 is 5.95. The molecule has 1 unspecified atom stereocenters. The van der Waals surface area contributed by atoms with Gasteiger partial charge < -0.3 is 10.2 Å². The van der Waals surface area contributed by atoms with Gasteiger partial charge in [0.2, 0.25) is 0 Å². The van der Waals surface area contributed by atoms with Crippen LogP contribution in [0.4, 0.5) is 5.82 Å². The van der Waals surface area contributed by atoms with Crippen molar-refractivity contribution in [3.8, 4) is 0 Å². The fourth-order valence-corrected chi connectivity index (χ4v) is 2.60. The Hall–Kier alpha value is -0.870. The van der Waals surface area contributed by atoms with E-state index in [1.807, 2.05) is 13.8 Å². The second-order valence-electron chi connectivity index (χ2n) is 5.24. The normalized spacial score (nSPS) is 21.0. The Morgan fingerprint density at radius 2 is 2.11 bits per heavy atom. The maximum absolute atomic E-state index is 5.95. The highest BCUT2D eigenvalue weighted by Gasteiger charge is 2.17. The molecule has 1 aromatic heterocycles. The molecular formula is C13H21ClN4. The van der Waals surface area contributed by atoms with Gasteiger partial charge in [-0.15, -0.1) is 10.2 Å². The van der Waals surface area contributed by atoms with Crippen LogP contribution in [-0.2, 0) is 0 Å². The van der Waals surface area contributed by atoms with Crippen LogP contribution in [0.3, 0.4) is 0 Å². The van der Waals surface area contributed by atoms with Gasteiger partial charge in [0.15, 0.2) is 11.0 Å². The number of halogens is 1. The van der Waals surface area contributed by atoms with Gasteiger partial charge in [-0.25, -0.2) is 0 Å². The first kappa shape index (κ1) is 13.6. The summed E-state index contributed by atoms with van der Waals surface area (Å²) in [4.78, 5) is 2.39. The Morgan fingerprint density at radius 3 is 2.83 bits per heavy atom. The van der Waals surface area contributed by atoms with Crippen molar-refractivity contribution < 1.29 is 0 Å². The van der Waals surface area contributed by atoms with Gasteiger partial charge in [-0.05, 0) is 57.3 Å². The summed E-state index contributed by atoms with van der Waals surface area (Å²) in [6.45, 7) is 7.35. The van der Waals surface area contributed by atoms with Crippen LogP contribution in [0.2, 0.25) is 5.15 Å². The van der Waals surface area contributed by atoms with Crippen molar-refractivity contribution >= 4 is 17.4 Å². The van der Waals surface area contributed by atoms with Crippen molar-refractivity contribution in [2.75, 3.05) is 32.0 Å². The number of hydrogen-bond acceptors (Lipinski definition) is 4. The molecule has 1 atom stereocenters. The third kappa shape index (κ3) is 3.12. The second-order valence-corrected chi connectivity index (χ2v) is 5.60. The predicted octanol–water partition coefficient (Wildman–Crippen LogP) is 2.50. The zero-order valence-corrected chi connectivity index (χ0v) is 12.1. The number of hydrogen-bond donors (Lipinski definition) is 1. The lowest BCUT2D eigenvalue weighted by molar-refractivity contribution is 0.217. The second kappa shape index (κ2) is 5.85. The summed E-state index contributed by atoms with van der Waals surface area (Å²) in [7, 11) is 2.18. The van der Waals surface area contributed by atoms with Gasteiger partial charge in [-0.1, -0.05) is 11.6 Å². The van der Waals surface area contributed by atoms with Gasteiger partial charge in [-0.2, -0.15) is 0 Å². The van der Waals surface area contributed by atoms with Crippen LogP contribution < -0.4 is 5.32 Å². The number of anilines is 1. The summed E-state index contributed by atoms with van der Waals surface area (Å²) in [5.74, 6) is 1.56. The molecule has 5 heteroatoms. The van der Waals surface area contributed by atoms with E-state index in [0.29, 0.717) is 11.1 Å². The van der Waals surface area contributed by atoms with Crippen LogP contribution in [0.15, 0.2) is 0 Å². The molecule has 1 aliphatic heterocycles. The highest BCUT2D eigenvalue weighted by molar-refractivity contribution is 6.30. The van der Waals surface area contributed by atoms with Crippen molar-refractivity contribution in [3.05, 3.63) is 16.3 Å². The van der Waals surface area contributed by atoms with Gasteiger partial charge >= 0.3 is 0 Å². The van der Waals surface area contributed by atoms with Crippen LogP contribution in [0.1, 0.15) is 24.0 Å². The average Bonchev–Trinajstić information content (AvgIpc) is 2.35. The number of rotatable bonds is 3. The maximum atomic E-state index is 5.95. The molecule has 1 aliphatic rings. The van der Waals surface area contributed by atoms with Gasteiger partial charge in [-0.3, -0.25) is 0 Å². The number of piperidine rings is 1. The van der Waals surface area contributed by atoms with E-state index < -0.39 is 0 Å². The van der Waals surface area contributed by atoms with E-state index in [0.717, 1.165) is 30.0 Å². The minimum absolute atomic E-state index is 0.496. The molecule has 100 valence electrons. The Balaban J connectivity index is 1.96. The molecule has 0 amide bonds. The standard InChI is InChI=1S/C13H21ClN4/c1-9-10(2)13(17-16-12(9)14)15-7-11-5-4-6-18(3)8-11/h11H,4-8H2,1-3H3,(H,15,17). The molecule has 2 heterocycles. The zero-order valence-electron chi connectivity index (χ0n) is 11.3. The zero-order chi connectivity index (χ0) is 13.1. The summed E-state index contributed by atoms with van der Waals surface area (Å²) in [6, 6.07) is 0. The van der Waals surface area contributed by atoms with E-state index in [9.17, 15) is 0 Å². The molecular weight excluding hydrogens is 248 g/mol. The highest BCUT2D eigenvalue weighted by atomic mass is 35.5.